The Bertz CT molecular complexity index is 811. The zero-order valence-corrected chi connectivity index (χ0v) is 15.8. The maximum atomic E-state index is 11.9. The number of hydrogen-bond acceptors (Lipinski definition) is 4. The molecule has 0 atom stereocenters. The fraction of sp³-hybridized carbons (Fsp3) is 0.263. The molecule has 0 bridgehead atoms. The number of thioether (sulfide) groups is 1. The number of aromatic nitrogens is 2. The van der Waals surface area contributed by atoms with Gasteiger partial charge in [-0.25, -0.2) is 0 Å². The third kappa shape index (κ3) is 5.47. The fourth-order valence-electron chi connectivity index (χ4n) is 2.41. The minimum atomic E-state index is 0.118. The van der Waals surface area contributed by atoms with Crippen molar-refractivity contribution >= 4 is 29.0 Å². The van der Waals surface area contributed by atoms with E-state index >= 15 is 0 Å². The molecule has 0 aliphatic heterocycles. The lowest BCUT2D eigenvalue weighted by Gasteiger charge is -2.04. The van der Waals surface area contributed by atoms with Crippen LogP contribution in [0.15, 0.2) is 59.8 Å². The van der Waals surface area contributed by atoms with Gasteiger partial charge in [-0.05, 0) is 30.7 Å². The number of nitrogens with one attached hydrogen (secondary N) is 1. The Morgan fingerprint density at radius 2 is 2.08 bits per heavy atom. The quantitative estimate of drug-likeness (QED) is 0.609. The number of hydrogen-bond donors (Lipinski definition) is 1. The van der Waals surface area contributed by atoms with Gasteiger partial charge in [0.1, 0.15) is 0 Å². The molecule has 0 radical (unpaired) electrons. The first kappa shape index (κ1) is 17.8. The second-order valence-corrected chi connectivity index (χ2v) is 8.02. The first-order valence-corrected chi connectivity index (χ1v) is 10.0. The molecule has 0 saturated heterocycles. The summed E-state index contributed by atoms with van der Waals surface area (Å²) in [6.07, 6.45) is 5.30. The summed E-state index contributed by atoms with van der Waals surface area (Å²) >= 11 is 3.47. The Kier molecular flexibility index (Phi) is 6.30. The largest absolute Gasteiger partial charge is 0.356 e. The van der Waals surface area contributed by atoms with E-state index in [1.807, 2.05) is 42.3 Å². The van der Waals surface area contributed by atoms with E-state index in [4.69, 9.17) is 0 Å². The van der Waals surface area contributed by atoms with E-state index in [1.165, 1.54) is 14.6 Å². The first-order chi connectivity index (χ1) is 12.2. The summed E-state index contributed by atoms with van der Waals surface area (Å²) in [6.45, 7) is 0.682. The number of nitrogens with zero attached hydrogens (tertiary/aromatic N) is 2. The molecule has 3 aromatic rings. The van der Waals surface area contributed by atoms with Crippen molar-refractivity contribution in [3.63, 3.8) is 0 Å². The lowest BCUT2D eigenvalue weighted by molar-refractivity contribution is -0.120. The Labute approximate surface area is 156 Å². The highest BCUT2D eigenvalue weighted by Crippen LogP contribution is 2.27. The number of carbonyl (C=O) groups excluding carboxylic acids is 1. The lowest BCUT2D eigenvalue weighted by atomic mass is 10.3. The van der Waals surface area contributed by atoms with Gasteiger partial charge in [-0.1, -0.05) is 18.2 Å². The Balaban J connectivity index is 1.36. The van der Waals surface area contributed by atoms with Gasteiger partial charge in [-0.15, -0.1) is 23.1 Å². The number of aryl methyl sites for hydroxylation is 1. The van der Waals surface area contributed by atoms with Crippen LogP contribution >= 0.6 is 23.1 Å². The number of amides is 1. The summed E-state index contributed by atoms with van der Waals surface area (Å²) in [6, 6.07) is 14.4. The zero-order chi connectivity index (χ0) is 17.5. The summed E-state index contributed by atoms with van der Waals surface area (Å²) in [4.78, 5) is 15.6. The van der Waals surface area contributed by atoms with Crippen molar-refractivity contribution in [1.82, 2.24) is 15.1 Å². The molecule has 4 nitrogen and oxygen atoms in total. The summed E-state index contributed by atoms with van der Waals surface area (Å²) < 4.78 is 1.81. The van der Waals surface area contributed by atoms with E-state index in [2.05, 4.69) is 34.7 Å². The molecule has 0 unspecified atom stereocenters. The minimum absolute atomic E-state index is 0.118. The Morgan fingerprint density at radius 1 is 1.24 bits per heavy atom. The molecule has 2 aromatic heterocycles. The third-order valence-electron chi connectivity index (χ3n) is 3.69. The van der Waals surface area contributed by atoms with E-state index in [0.717, 1.165) is 17.7 Å². The number of rotatable bonds is 8. The third-order valence-corrected chi connectivity index (χ3v) is 5.89. The van der Waals surface area contributed by atoms with Crippen LogP contribution in [0.1, 0.15) is 11.3 Å². The number of carbonyl (C=O) groups is 1. The molecule has 130 valence electrons. The highest BCUT2D eigenvalue weighted by molar-refractivity contribution is 7.99. The molecular weight excluding hydrogens is 350 g/mol. The summed E-state index contributed by atoms with van der Waals surface area (Å²) in [5.41, 5.74) is 1.14. The molecule has 1 amide bonds. The molecule has 1 N–H and O–H groups in total. The van der Waals surface area contributed by atoms with Gasteiger partial charge < -0.3 is 5.32 Å². The molecule has 0 spiro atoms. The highest BCUT2D eigenvalue weighted by Gasteiger charge is 2.06. The monoisotopic (exact) mass is 371 g/mol. The van der Waals surface area contributed by atoms with Crippen molar-refractivity contribution in [2.75, 3.05) is 12.3 Å². The molecule has 3 rings (SSSR count). The minimum Gasteiger partial charge on any atom is -0.356 e. The molecule has 2 heterocycles. The number of benzene rings is 1. The second kappa shape index (κ2) is 8.87. The number of thiophene rings is 1. The Morgan fingerprint density at radius 3 is 2.84 bits per heavy atom. The van der Waals surface area contributed by atoms with Gasteiger partial charge in [0.2, 0.25) is 5.91 Å². The predicted molar refractivity (Wildman–Crippen MR) is 105 cm³/mol. The van der Waals surface area contributed by atoms with Gasteiger partial charge in [-0.3, -0.25) is 9.48 Å². The molecule has 0 fully saturated rings. The SMILES string of the molecule is Cn1cc(-c2ccc(CCNC(=O)CCSc3ccccc3)s2)cn1. The van der Waals surface area contributed by atoms with Gasteiger partial charge >= 0.3 is 0 Å². The van der Waals surface area contributed by atoms with E-state index in [9.17, 15) is 4.79 Å². The summed E-state index contributed by atoms with van der Waals surface area (Å²) in [5, 5.41) is 7.21. The highest BCUT2D eigenvalue weighted by atomic mass is 32.2. The second-order valence-electron chi connectivity index (χ2n) is 5.68. The average molecular weight is 372 g/mol. The van der Waals surface area contributed by atoms with Crippen molar-refractivity contribution in [2.24, 2.45) is 7.05 Å². The van der Waals surface area contributed by atoms with Crippen molar-refractivity contribution in [1.29, 1.82) is 0 Å². The van der Waals surface area contributed by atoms with Crippen LogP contribution in [0, 0.1) is 0 Å². The van der Waals surface area contributed by atoms with Crippen molar-refractivity contribution in [3.8, 4) is 10.4 Å². The van der Waals surface area contributed by atoms with Gasteiger partial charge in [0, 0.05) is 52.2 Å². The van der Waals surface area contributed by atoms with Crippen LogP contribution in [-0.2, 0) is 18.3 Å². The van der Waals surface area contributed by atoms with Gasteiger partial charge in [0.15, 0.2) is 0 Å². The van der Waals surface area contributed by atoms with Crippen LogP contribution in [0.2, 0.25) is 0 Å². The lowest BCUT2D eigenvalue weighted by Crippen LogP contribution is -2.25. The molecule has 0 aliphatic rings. The van der Waals surface area contributed by atoms with Gasteiger partial charge in [0.05, 0.1) is 6.20 Å². The maximum Gasteiger partial charge on any atom is 0.220 e. The zero-order valence-electron chi connectivity index (χ0n) is 14.1. The molecule has 1 aromatic carbocycles. The Hall–Kier alpha value is -2.05. The van der Waals surface area contributed by atoms with Crippen LogP contribution in [0.25, 0.3) is 10.4 Å². The van der Waals surface area contributed by atoms with Crippen LogP contribution < -0.4 is 5.32 Å². The topological polar surface area (TPSA) is 46.9 Å². The molecule has 0 saturated carbocycles. The van der Waals surface area contributed by atoms with Crippen LogP contribution in [0.4, 0.5) is 0 Å². The summed E-state index contributed by atoms with van der Waals surface area (Å²) in [7, 11) is 1.92. The smallest absolute Gasteiger partial charge is 0.220 e. The van der Waals surface area contributed by atoms with E-state index in [0.29, 0.717) is 13.0 Å². The van der Waals surface area contributed by atoms with E-state index in [1.54, 1.807) is 23.1 Å². The summed E-state index contributed by atoms with van der Waals surface area (Å²) in [5.74, 6) is 0.924. The van der Waals surface area contributed by atoms with Crippen LogP contribution in [0.5, 0.6) is 0 Å². The average Bonchev–Trinajstić information content (AvgIpc) is 3.25. The van der Waals surface area contributed by atoms with Crippen LogP contribution in [0.3, 0.4) is 0 Å². The maximum absolute atomic E-state index is 11.9. The molecular formula is C19H21N3OS2. The van der Waals surface area contributed by atoms with Crippen LogP contribution in [-0.4, -0.2) is 28.0 Å². The van der Waals surface area contributed by atoms with Gasteiger partial charge in [0.25, 0.3) is 0 Å². The fourth-order valence-corrected chi connectivity index (χ4v) is 4.26. The molecule has 0 aliphatic carbocycles. The first-order valence-electron chi connectivity index (χ1n) is 8.23. The van der Waals surface area contributed by atoms with Crippen molar-refractivity contribution in [3.05, 3.63) is 59.7 Å². The molecule has 6 heteroatoms. The molecule has 25 heavy (non-hydrogen) atoms. The van der Waals surface area contributed by atoms with Gasteiger partial charge in [-0.2, -0.15) is 5.10 Å². The standard InChI is InChI=1S/C19H21N3OS2/c1-22-14-15(13-21-22)18-8-7-17(25-18)9-11-20-19(23)10-12-24-16-5-3-2-4-6-16/h2-8,13-14H,9-12H2,1H3,(H,20,23). The van der Waals surface area contributed by atoms with Crippen molar-refractivity contribution < 1.29 is 4.79 Å². The van der Waals surface area contributed by atoms with E-state index < -0.39 is 0 Å². The predicted octanol–water partition coefficient (Wildman–Crippen LogP) is 3.99. The van der Waals surface area contributed by atoms with Crippen molar-refractivity contribution in [2.45, 2.75) is 17.7 Å². The van der Waals surface area contributed by atoms with E-state index in [-0.39, 0.29) is 5.91 Å². The normalized spacial score (nSPS) is 10.8.